The number of ether oxygens (including phenoxy) is 4. The van der Waals surface area contributed by atoms with Crippen LogP contribution in [0.4, 0.5) is 0 Å². The number of aliphatic hydroxyl groups excluding tert-OH is 3. The maximum absolute atomic E-state index is 12.8. The number of hydrogen-bond donors (Lipinski definition) is 3. The molecular formula is C30H41ClO8. The average Bonchev–Trinajstić information content (AvgIpc) is 3.28. The molecule has 0 aromatic carbocycles. The average molecular weight is 565 g/mol. The van der Waals surface area contributed by atoms with Crippen LogP contribution in [0, 0.1) is 22.7 Å². The predicted octanol–water partition coefficient (Wildman–Crippen LogP) is 3.54. The van der Waals surface area contributed by atoms with Crippen molar-refractivity contribution in [2.24, 2.45) is 22.7 Å². The number of allylic oxidation sites excluding steroid dienone is 3. The fraction of sp³-hybridized carbons (Fsp3) is 0.700. The second kappa shape index (κ2) is 11.0. The van der Waals surface area contributed by atoms with E-state index in [1.54, 1.807) is 13.0 Å². The normalized spacial score (nSPS) is 46.0. The van der Waals surface area contributed by atoms with Gasteiger partial charge in [0.15, 0.2) is 0 Å². The third-order valence-electron chi connectivity index (χ3n) is 10.0. The number of fused-ring (bicyclic) bond motifs is 3. The maximum Gasteiger partial charge on any atom is 0.343 e. The molecule has 10 atom stereocenters. The molecule has 0 radical (unpaired) electrons. The lowest BCUT2D eigenvalue weighted by molar-refractivity contribution is -0.258. The van der Waals surface area contributed by atoms with Crippen molar-refractivity contribution in [3.8, 4) is 0 Å². The van der Waals surface area contributed by atoms with Gasteiger partial charge in [0.2, 0.25) is 0 Å². The van der Waals surface area contributed by atoms with Gasteiger partial charge >= 0.3 is 5.97 Å². The zero-order valence-corrected chi connectivity index (χ0v) is 23.7. The summed E-state index contributed by atoms with van der Waals surface area (Å²) in [5, 5.41) is 29.3. The number of esters is 1. The summed E-state index contributed by atoms with van der Waals surface area (Å²) < 4.78 is 23.1. The first-order valence-electron chi connectivity index (χ1n) is 13.9. The van der Waals surface area contributed by atoms with Gasteiger partial charge in [0, 0.05) is 17.8 Å². The molecule has 4 fully saturated rings. The predicted molar refractivity (Wildman–Crippen MR) is 145 cm³/mol. The number of rotatable bonds is 5. The highest BCUT2D eigenvalue weighted by molar-refractivity contribution is 6.21. The highest BCUT2D eigenvalue weighted by Gasteiger charge is 2.59. The Labute approximate surface area is 235 Å². The van der Waals surface area contributed by atoms with Gasteiger partial charge < -0.3 is 34.3 Å². The van der Waals surface area contributed by atoms with Crippen molar-refractivity contribution in [1.29, 1.82) is 0 Å². The standard InChI is InChI=1S/C30H41ClO8/c1-16-5-8-23-29(3,10-9-24-30(23,4)14-36-15-37-24)19(16)7-6-18-12-20(39-28(18)35)17(2)11-21-26(33)27(34)25(31)22(13-32)38-21/h6-7,12,19,21-27,32-34H,1,5,8-11,13-15H2,2-4H3/b7-6+,20-17+/t19-,21+,22-,23?,24-,25+,26+,27+,29+,30+/m1/s1. The van der Waals surface area contributed by atoms with E-state index in [9.17, 15) is 20.1 Å². The molecule has 0 spiro atoms. The fourth-order valence-corrected chi connectivity index (χ4v) is 8.05. The number of carbonyl (C=O) groups is 1. The Bertz CT molecular complexity index is 1080. The van der Waals surface area contributed by atoms with Crippen LogP contribution < -0.4 is 0 Å². The summed E-state index contributed by atoms with van der Waals surface area (Å²) in [5.41, 5.74) is 2.25. The lowest BCUT2D eigenvalue weighted by Crippen LogP contribution is -2.59. The van der Waals surface area contributed by atoms with E-state index in [1.807, 2.05) is 6.08 Å². The summed E-state index contributed by atoms with van der Waals surface area (Å²) in [6, 6.07) is 0. The summed E-state index contributed by atoms with van der Waals surface area (Å²) in [7, 11) is 0. The van der Waals surface area contributed by atoms with Crippen LogP contribution >= 0.6 is 11.6 Å². The van der Waals surface area contributed by atoms with E-state index in [0.717, 1.165) is 25.7 Å². The Morgan fingerprint density at radius 2 is 1.97 bits per heavy atom. The van der Waals surface area contributed by atoms with E-state index >= 15 is 0 Å². The molecule has 216 valence electrons. The van der Waals surface area contributed by atoms with Crippen LogP contribution in [-0.2, 0) is 23.7 Å². The molecule has 0 amide bonds. The van der Waals surface area contributed by atoms with Crippen molar-refractivity contribution in [2.75, 3.05) is 20.0 Å². The molecular weight excluding hydrogens is 524 g/mol. The van der Waals surface area contributed by atoms with Gasteiger partial charge in [-0.2, -0.15) is 0 Å². The Kier molecular flexibility index (Phi) is 8.21. The molecule has 8 nitrogen and oxygen atoms in total. The SMILES string of the molecule is C=C1CCC2[C@]3(C)COCO[C@@H]3CC[C@@]2(C)[C@@H]1/C=C/C1=CC(=C(/C)C[C@@H]2O[C@H](CO)[C@H](Cl)[C@H](O)[C@H]2O)/OC1=O. The fourth-order valence-electron chi connectivity index (χ4n) is 7.76. The van der Waals surface area contributed by atoms with Crippen molar-refractivity contribution >= 4 is 17.6 Å². The number of cyclic esters (lactones) is 1. The van der Waals surface area contributed by atoms with Crippen molar-refractivity contribution in [2.45, 2.75) is 88.8 Å². The van der Waals surface area contributed by atoms with E-state index in [4.69, 9.17) is 30.5 Å². The molecule has 5 rings (SSSR count). The van der Waals surface area contributed by atoms with E-state index in [0.29, 0.717) is 36.2 Å². The third-order valence-corrected chi connectivity index (χ3v) is 10.5. The van der Waals surface area contributed by atoms with Gasteiger partial charge in [-0.25, -0.2) is 4.79 Å². The van der Waals surface area contributed by atoms with Gasteiger partial charge in [-0.3, -0.25) is 0 Å². The minimum Gasteiger partial charge on any atom is -0.423 e. The lowest BCUT2D eigenvalue weighted by atomic mass is 9.46. The first kappa shape index (κ1) is 29.0. The van der Waals surface area contributed by atoms with E-state index in [1.165, 1.54) is 5.57 Å². The first-order chi connectivity index (χ1) is 18.5. The summed E-state index contributed by atoms with van der Waals surface area (Å²) in [6.07, 6.45) is 6.02. The molecule has 0 aromatic rings. The Morgan fingerprint density at radius 1 is 1.21 bits per heavy atom. The van der Waals surface area contributed by atoms with E-state index in [-0.39, 0.29) is 35.9 Å². The highest BCUT2D eigenvalue weighted by atomic mass is 35.5. The molecule has 3 N–H and O–H groups in total. The minimum atomic E-state index is -1.24. The molecule has 5 aliphatic rings. The van der Waals surface area contributed by atoms with Crippen LogP contribution in [0.15, 0.2) is 47.3 Å². The first-order valence-corrected chi connectivity index (χ1v) is 14.4. The van der Waals surface area contributed by atoms with Crippen LogP contribution in [0.25, 0.3) is 0 Å². The maximum atomic E-state index is 12.8. The summed E-state index contributed by atoms with van der Waals surface area (Å²) >= 11 is 6.09. The van der Waals surface area contributed by atoms with Crippen LogP contribution in [-0.4, -0.2) is 77.2 Å². The molecule has 9 heteroatoms. The second-order valence-corrected chi connectivity index (χ2v) is 12.9. The van der Waals surface area contributed by atoms with Gasteiger partial charge in [0.25, 0.3) is 0 Å². The molecule has 2 saturated heterocycles. The summed E-state index contributed by atoms with van der Waals surface area (Å²) in [4.78, 5) is 12.8. The van der Waals surface area contributed by atoms with Gasteiger partial charge in [0.1, 0.15) is 24.8 Å². The van der Waals surface area contributed by atoms with E-state index < -0.39 is 35.8 Å². The van der Waals surface area contributed by atoms with Crippen LogP contribution in [0.3, 0.4) is 0 Å². The highest BCUT2D eigenvalue weighted by Crippen LogP contribution is 2.62. The largest absolute Gasteiger partial charge is 0.423 e. The molecule has 0 aromatic heterocycles. The topological polar surface area (TPSA) is 115 Å². The van der Waals surface area contributed by atoms with Gasteiger partial charge in [-0.05, 0) is 55.6 Å². The number of halogens is 1. The molecule has 0 bridgehead atoms. The number of carbonyl (C=O) groups excluding carboxylic acids is 1. The Morgan fingerprint density at radius 3 is 2.72 bits per heavy atom. The van der Waals surface area contributed by atoms with Crippen LogP contribution in [0.2, 0.25) is 0 Å². The molecule has 39 heavy (non-hydrogen) atoms. The van der Waals surface area contributed by atoms with Crippen LogP contribution in [0.1, 0.15) is 52.9 Å². The van der Waals surface area contributed by atoms with Crippen molar-refractivity contribution in [1.82, 2.24) is 0 Å². The van der Waals surface area contributed by atoms with Crippen molar-refractivity contribution in [3.05, 3.63) is 47.3 Å². The van der Waals surface area contributed by atoms with E-state index in [2.05, 4.69) is 26.5 Å². The van der Waals surface area contributed by atoms with Crippen molar-refractivity contribution in [3.63, 3.8) is 0 Å². The molecule has 2 saturated carbocycles. The number of aliphatic hydroxyl groups is 3. The van der Waals surface area contributed by atoms with Gasteiger partial charge in [0.05, 0.1) is 42.5 Å². The molecule has 3 aliphatic heterocycles. The smallest absolute Gasteiger partial charge is 0.343 e. The molecule has 2 aliphatic carbocycles. The Hall–Kier alpha value is -1.52. The lowest BCUT2D eigenvalue weighted by Gasteiger charge is -2.61. The monoisotopic (exact) mass is 564 g/mol. The van der Waals surface area contributed by atoms with Gasteiger partial charge in [-0.1, -0.05) is 38.2 Å². The third kappa shape index (κ3) is 5.07. The molecule has 3 heterocycles. The quantitative estimate of drug-likeness (QED) is 0.264. The van der Waals surface area contributed by atoms with Crippen molar-refractivity contribution < 1.29 is 39.1 Å². The number of hydrogen-bond acceptors (Lipinski definition) is 8. The van der Waals surface area contributed by atoms with Gasteiger partial charge in [-0.15, -0.1) is 11.6 Å². The van der Waals surface area contributed by atoms with Crippen LogP contribution in [0.5, 0.6) is 0 Å². The zero-order valence-electron chi connectivity index (χ0n) is 23.0. The zero-order chi connectivity index (χ0) is 28.1. The summed E-state index contributed by atoms with van der Waals surface area (Å²) in [5.74, 6) is 0.492. The second-order valence-electron chi connectivity index (χ2n) is 12.4. The molecule has 1 unspecified atom stereocenters. The summed E-state index contributed by atoms with van der Waals surface area (Å²) in [6.45, 7) is 11.5. The Balaban J connectivity index is 1.34. The number of alkyl halides is 1. The minimum absolute atomic E-state index is 0.0163.